The van der Waals surface area contributed by atoms with E-state index < -0.39 is 0 Å². The number of thiophene rings is 1. The first-order valence-electron chi connectivity index (χ1n) is 4.33. The lowest BCUT2D eigenvalue weighted by atomic mass is 10.2. The predicted octanol–water partition coefficient (Wildman–Crippen LogP) is 2.54. The Morgan fingerprint density at radius 2 is 2.38 bits per heavy atom. The second kappa shape index (κ2) is 5.75. The van der Waals surface area contributed by atoms with Gasteiger partial charge in [-0.15, -0.1) is 11.3 Å². The molecule has 0 spiro atoms. The normalized spacial score (nSPS) is 13.2. The molecule has 0 saturated heterocycles. The lowest BCUT2D eigenvalue weighted by Crippen LogP contribution is -2.19. The highest BCUT2D eigenvalue weighted by molar-refractivity contribution is 9.11. The van der Waals surface area contributed by atoms with Crippen molar-refractivity contribution < 1.29 is 5.11 Å². The second-order valence-corrected chi connectivity index (χ2v) is 5.39. The number of halogens is 1. The maximum atomic E-state index is 8.61. The molecule has 2 nitrogen and oxygen atoms in total. The van der Waals surface area contributed by atoms with Gasteiger partial charge in [0, 0.05) is 17.5 Å². The quantitative estimate of drug-likeness (QED) is 0.801. The van der Waals surface area contributed by atoms with E-state index in [0.717, 1.165) is 13.0 Å². The van der Waals surface area contributed by atoms with Crippen LogP contribution in [0.25, 0.3) is 0 Å². The van der Waals surface area contributed by atoms with Gasteiger partial charge in [0.25, 0.3) is 0 Å². The van der Waals surface area contributed by atoms with Crippen molar-refractivity contribution in [1.29, 1.82) is 0 Å². The molecule has 4 heteroatoms. The van der Waals surface area contributed by atoms with Crippen LogP contribution in [-0.4, -0.2) is 18.3 Å². The molecule has 0 amide bonds. The summed E-state index contributed by atoms with van der Waals surface area (Å²) < 4.78 is 1.17. The van der Waals surface area contributed by atoms with E-state index in [1.54, 1.807) is 11.3 Å². The number of aliphatic hydroxyl groups excluding tert-OH is 1. The number of hydrogen-bond acceptors (Lipinski definition) is 3. The molecule has 0 aromatic carbocycles. The van der Waals surface area contributed by atoms with E-state index in [0.29, 0.717) is 6.04 Å². The topological polar surface area (TPSA) is 32.3 Å². The number of hydrogen-bond donors (Lipinski definition) is 2. The van der Waals surface area contributed by atoms with Gasteiger partial charge < -0.3 is 10.4 Å². The molecule has 1 atom stereocenters. The Morgan fingerprint density at radius 1 is 1.62 bits per heavy atom. The molecular formula is C9H14BrNOS. The van der Waals surface area contributed by atoms with E-state index in [1.807, 2.05) is 0 Å². The first kappa shape index (κ1) is 11.2. The maximum absolute atomic E-state index is 8.61. The van der Waals surface area contributed by atoms with Crippen LogP contribution < -0.4 is 5.32 Å². The van der Waals surface area contributed by atoms with Gasteiger partial charge in [0.15, 0.2) is 0 Å². The maximum Gasteiger partial charge on any atom is 0.0701 e. The van der Waals surface area contributed by atoms with Gasteiger partial charge in [0.05, 0.1) is 3.79 Å². The monoisotopic (exact) mass is 263 g/mol. The first-order valence-corrected chi connectivity index (χ1v) is 5.94. The molecule has 0 aliphatic rings. The number of nitrogens with one attached hydrogen (secondary N) is 1. The molecule has 1 aromatic heterocycles. The molecule has 0 fully saturated rings. The van der Waals surface area contributed by atoms with Gasteiger partial charge in [-0.2, -0.15) is 0 Å². The molecule has 13 heavy (non-hydrogen) atoms. The van der Waals surface area contributed by atoms with E-state index in [9.17, 15) is 0 Å². The van der Waals surface area contributed by atoms with E-state index in [1.165, 1.54) is 8.66 Å². The first-order chi connectivity index (χ1) is 6.24. The molecule has 1 aromatic rings. The fourth-order valence-electron chi connectivity index (χ4n) is 1.06. The van der Waals surface area contributed by atoms with Gasteiger partial charge in [-0.05, 0) is 48.0 Å². The van der Waals surface area contributed by atoms with Crippen molar-refractivity contribution in [1.82, 2.24) is 5.32 Å². The molecule has 1 rings (SSSR count). The highest BCUT2D eigenvalue weighted by Crippen LogP contribution is 2.26. The molecule has 0 aliphatic carbocycles. The average molecular weight is 264 g/mol. The van der Waals surface area contributed by atoms with Crippen molar-refractivity contribution in [2.75, 3.05) is 13.2 Å². The molecule has 1 heterocycles. The van der Waals surface area contributed by atoms with Crippen LogP contribution in [0.3, 0.4) is 0 Å². The molecular weight excluding hydrogens is 250 g/mol. The Morgan fingerprint density at radius 3 is 2.92 bits per heavy atom. The molecule has 0 bridgehead atoms. The van der Waals surface area contributed by atoms with Crippen LogP contribution in [0.2, 0.25) is 0 Å². The molecule has 74 valence electrons. The van der Waals surface area contributed by atoms with E-state index in [4.69, 9.17) is 5.11 Å². The fraction of sp³-hybridized carbons (Fsp3) is 0.556. The van der Waals surface area contributed by atoms with Crippen LogP contribution in [0.4, 0.5) is 0 Å². The zero-order chi connectivity index (χ0) is 9.68. The van der Waals surface area contributed by atoms with E-state index in [-0.39, 0.29) is 6.61 Å². The largest absolute Gasteiger partial charge is 0.396 e. The lowest BCUT2D eigenvalue weighted by molar-refractivity contribution is 0.284. The zero-order valence-electron chi connectivity index (χ0n) is 7.59. The molecule has 2 N–H and O–H groups in total. The van der Waals surface area contributed by atoms with Crippen molar-refractivity contribution in [3.05, 3.63) is 20.8 Å². The fourth-order valence-corrected chi connectivity index (χ4v) is 2.51. The van der Waals surface area contributed by atoms with Gasteiger partial charge in [0.2, 0.25) is 0 Å². The van der Waals surface area contributed by atoms with Crippen LogP contribution in [-0.2, 0) is 0 Å². The van der Waals surface area contributed by atoms with Gasteiger partial charge >= 0.3 is 0 Å². The minimum Gasteiger partial charge on any atom is -0.396 e. The smallest absolute Gasteiger partial charge is 0.0701 e. The Bertz CT molecular complexity index is 252. The van der Waals surface area contributed by atoms with Crippen LogP contribution in [0, 0.1) is 0 Å². The summed E-state index contributed by atoms with van der Waals surface area (Å²) in [5.41, 5.74) is 0. The summed E-state index contributed by atoms with van der Waals surface area (Å²) in [6, 6.07) is 4.55. The molecule has 0 aliphatic heterocycles. The van der Waals surface area contributed by atoms with Crippen molar-refractivity contribution in [2.24, 2.45) is 0 Å². The van der Waals surface area contributed by atoms with Crippen LogP contribution in [0.5, 0.6) is 0 Å². The van der Waals surface area contributed by atoms with Gasteiger partial charge in [-0.1, -0.05) is 0 Å². The third kappa shape index (κ3) is 3.77. The van der Waals surface area contributed by atoms with E-state index in [2.05, 4.69) is 40.3 Å². The Labute approximate surface area is 91.1 Å². The standard InChI is InChI=1S/C9H14BrNOS/c1-7(11-5-2-6-12)8-3-4-9(10)13-8/h3-4,7,11-12H,2,5-6H2,1H3. The highest BCUT2D eigenvalue weighted by atomic mass is 79.9. The number of aliphatic hydroxyl groups is 1. The van der Waals surface area contributed by atoms with Crippen LogP contribution >= 0.6 is 27.3 Å². The minimum absolute atomic E-state index is 0.258. The molecule has 1 unspecified atom stereocenters. The predicted molar refractivity (Wildman–Crippen MR) is 60.1 cm³/mol. The third-order valence-electron chi connectivity index (χ3n) is 1.81. The van der Waals surface area contributed by atoms with E-state index >= 15 is 0 Å². The lowest BCUT2D eigenvalue weighted by Gasteiger charge is -2.10. The van der Waals surface area contributed by atoms with Crippen molar-refractivity contribution >= 4 is 27.3 Å². The highest BCUT2D eigenvalue weighted by Gasteiger charge is 2.06. The molecule has 0 radical (unpaired) electrons. The summed E-state index contributed by atoms with van der Waals surface area (Å²) in [5.74, 6) is 0. The van der Waals surface area contributed by atoms with Crippen LogP contribution in [0.15, 0.2) is 15.9 Å². The number of rotatable bonds is 5. The summed E-state index contributed by atoms with van der Waals surface area (Å²) in [6.45, 7) is 3.26. The van der Waals surface area contributed by atoms with Crippen molar-refractivity contribution in [2.45, 2.75) is 19.4 Å². The van der Waals surface area contributed by atoms with Crippen molar-refractivity contribution in [3.63, 3.8) is 0 Å². The Balaban J connectivity index is 2.35. The van der Waals surface area contributed by atoms with Crippen LogP contribution in [0.1, 0.15) is 24.3 Å². The van der Waals surface area contributed by atoms with Crippen molar-refractivity contribution in [3.8, 4) is 0 Å². The Hall–Kier alpha value is 0.1000. The average Bonchev–Trinajstić information content (AvgIpc) is 2.52. The SMILES string of the molecule is CC(NCCCO)c1ccc(Br)s1. The Kier molecular flexibility index (Phi) is 4.94. The minimum atomic E-state index is 0.258. The van der Waals surface area contributed by atoms with Gasteiger partial charge in [-0.25, -0.2) is 0 Å². The third-order valence-corrected chi connectivity index (χ3v) is 3.61. The summed E-state index contributed by atoms with van der Waals surface area (Å²) >= 11 is 5.18. The second-order valence-electron chi connectivity index (χ2n) is 2.89. The zero-order valence-corrected chi connectivity index (χ0v) is 9.99. The summed E-state index contributed by atoms with van der Waals surface area (Å²) in [6.07, 6.45) is 0.816. The summed E-state index contributed by atoms with van der Waals surface area (Å²) in [5, 5.41) is 12.0. The molecule has 0 saturated carbocycles. The van der Waals surface area contributed by atoms with Gasteiger partial charge in [0.1, 0.15) is 0 Å². The van der Waals surface area contributed by atoms with Gasteiger partial charge in [-0.3, -0.25) is 0 Å². The summed E-state index contributed by atoms with van der Waals surface area (Å²) in [4.78, 5) is 1.32. The summed E-state index contributed by atoms with van der Waals surface area (Å²) in [7, 11) is 0.